The second kappa shape index (κ2) is 4.97. The molecule has 0 aromatic heterocycles. The van der Waals surface area contributed by atoms with Crippen LogP contribution < -0.4 is 0 Å². The average Bonchev–Trinajstić information content (AvgIpc) is 2.44. The fraction of sp³-hybridized carbons (Fsp3) is 0.611. The van der Waals surface area contributed by atoms with Crippen LogP contribution >= 0.6 is 11.6 Å². The van der Waals surface area contributed by atoms with Crippen molar-refractivity contribution in [3.8, 4) is 0 Å². The highest BCUT2D eigenvalue weighted by Gasteiger charge is 2.61. The molecule has 4 bridgehead atoms. The number of aliphatic carboxylic acids is 1. The largest absolute Gasteiger partial charge is 0.481 e. The summed E-state index contributed by atoms with van der Waals surface area (Å²) in [6.07, 6.45) is 3.82. The number of halogens is 1. The summed E-state index contributed by atoms with van der Waals surface area (Å²) in [5, 5.41) is 20.6. The molecular weight excluding hydrogens is 300 g/mol. The van der Waals surface area contributed by atoms with Gasteiger partial charge in [-0.05, 0) is 67.1 Å². The molecule has 2 N–H and O–H groups in total. The first-order valence-electron chi connectivity index (χ1n) is 8.16. The van der Waals surface area contributed by atoms with Crippen molar-refractivity contribution in [2.45, 2.75) is 43.6 Å². The van der Waals surface area contributed by atoms with Crippen molar-refractivity contribution in [3.63, 3.8) is 0 Å². The van der Waals surface area contributed by atoms with Crippen molar-refractivity contribution < 1.29 is 15.0 Å². The Kier molecular flexibility index (Phi) is 3.28. The first-order valence-corrected chi connectivity index (χ1v) is 8.54. The maximum Gasteiger partial charge on any atom is 0.304 e. The van der Waals surface area contributed by atoms with E-state index in [1.165, 1.54) is 0 Å². The molecule has 4 fully saturated rings. The van der Waals surface area contributed by atoms with Crippen molar-refractivity contribution in [1.29, 1.82) is 0 Å². The van der Waals surface area contributed by atoms with Crippen molar-refractivity contribution in [3.05, 3.63) is 34.9 Å². The molecule has 4 aliphatic carbocycles. The normalized spacial score (nSPS) is 42.5. The van der Waals surface area contributed by atoms with Gasteiger partial charge in [-0.1, -0.05) is 23.7 Å². The third kappa shape index (κ3) is 1.95. The number of aliphatic hydroxyl groups is 1. The van der Waals surface area contributed by atoms with Gasteiger partial charge in [0.15, 0.2) is 0 Å². The van der Waals surface area contributed by atoms with Crippen LogP contribution in [0.3, 0.4) is 0 Å². The first-order chi connectivity index (χ1) is 10.5. The number of carboxylic acid groups (broad SMARTS) is 1. The average molecular weight is 321 g/mol. The van der Waals surface area contributed by atoms with E-state index in [1.54, 1.807) is 0 Å². The first kappa shape index (κ1) is 14.5. The Morgan fingerprint density at radius 2 is 1.77 bits per heavy atom. The van der Waals surface area contributed by atoms with E-state index < -0.39 is 5.97 Å². The molecule has 0 radical (unpaired) electrons. The molecule has 0 heterocycles. The minimum absolute atomic E-state index is 0.172. The van der Waals surface area contributed by atoms with Crippen LogP contribution in [0.1, 0.15) is 37.7 Å². The summed E-state index contributed by atoms with van der Waals surface area (Å²) >= 11 is 6.19. The number of carbonyl (C=O) groups is 1. The van der Waals surface area contributed by atoms with E-state index in [2.05, 4.69) is 0 Å². The lowest BCUT2D eigenvalue weighted by molar-refractivity contribution is -0.156. The van der Waals surface area contributed by atoms with E-state index in [-0.39, 0.29) is 17.9 Å². The van der Waals surface area contributed by atoms with Gasteiger partial charge < -0.3 is 10.2 Å². The molecule has 1 aromatic carbocycles. The molecular formula is C18H21ClO3. The molecule has 0 saturated heterocycles. The van der Waals surface area contributed by atoms with E-state index in [0.29, 0.717) is 28.7 Å². The minimum Gasteiger partial charge on any atom is -0.481 e. The second-order valence-electron chi connectivity index (χ2n) is 7.47. The highest BCUT2D eigenvalue weighted by Crippen LogP contribution is 2.64. The maximum absolute atomic E-state index is 11.6. The quantitative estimate of drug-likeness (QED) is 0.896. The van der Waals surface area contributed by atoms with Gasteiger partial charge in [0.1, 0.15) is 0 Å². The molecule has 4 saturated carbocycles. The fourth-order valence-electron chi connectivity index (χ4n) is 5.85. The van der Waals surface area contributed by atoms with Crippen LogP contribution in [-0.4, -0.2) is 22.3 Å². The van der Waals surface area contributed by atoms with Gasteiger partial charge in [-0.15, -0.1) is 0 Å². The van der Waals surface area contributed by atoms with Gasteiger partial charge in [0.05, 0.1) is 12.5 Å². The summed E-state index contributed by atoms with van der Waals surface area (Å²) in [5.74, 6) is 0.709. The SMILES string of the molecule is O=C(O)CC1(c2cccc(Cl)c2)C2CC3CC1CC(C2)C3O. The van der Waals surface area contributed by atoms with Crippen LogP contribution in [0.2, 0.25) is 5.02 Å². The van der Waals surface area contributed by atoms with Gasteiger partial charge in [-0.2, -0.15) is 0 Å². The van der Waals surface area contributed by atoms with Crippen molar-refractivity contribution in [2.75, 3.05) is 0 Å². The Hall–Kier alpha value is -1.06. The van der Waals surface area contributed by atoms with Crippen molar-refractivity contribution >= 4 is 17.6 Å². The van der Waals surface area contributed by atoms with Crippen molar-refractivity contribution in [2.24, 2.45) is 23.7 Å². The van der Waals surface area contributed by atoms with Gasteiger partial charge in [-0.3, -0.25) is 4.79 Å². The Labute approximate surface area is 135 Å². The molecule has 0 atom stereocenters. The molecule has 118 valence electrons. The molecule has 5 rings (SSSR count). The number of aliphatic hydroxyl groups excluding tert-OH is 1. The Morgan fingerprint density at radius 1 is 1.18 bits per heavy atom. The summed E-state index contributed by atoms with van der Waals surface area (Å²) in [4.78, 5) is 11.6. The van der Waals surface area contributed by atoms with E-state index >= 15 is 0 Å². The lowest BCUT2D eigenvalue weighted by Gasteiger charge is -2.62. The lowest BCUT2D eigenvalue weighted by Crippen LogP contribution is -2.60. The van der Waals surface area contributed by atoms with Crippen LogP contribution in [0.4, 0.5) is 0 Å². The topological polar surface area (TPSA) is 57.5 Å². The second-order valence-corrected chi connectivity index (χ2v) is 7.91. The summed E-state index contributed by atoms with van der Waals surface area (Å²) in [5.41, 5.74) is 0.787. The monoisotopic (exact) mass is 320 g/mol. The molecule has 0 spiro atoms. The smallest absolute Gasteiger partial charge is 0.304 e. The van der Waals surface area contributed by atoms with E-state index in [4.69, 9.17) is 11.6 Å². The fourth-order valence-corrected chi connectivity index (χ4v) is 6.04. The third-order valence-corrected chi connectivity index (χ3v) is 6.81. The molecule has 1 aromatic rings. The third-order valence-electron chi connectivity index (χ3n) is 6.58. The number of rotatable bonds is 3. The summed E-state index contributed by atoms with van der Waals surface area (Å²) in [6, 6.07) is 7.79. The van der Waals surface area contributed by atoms with Gasteiger partial charge in [0, 0.05) is 10.4 Å². The Morgan fingerprint density at radius 3 is 2.27 bits per heavy atom. The molecule has 0 aliphatic heterocycles. The number of benzene rings is 1. The summed E-state index contributed by atoms with van der Waals surface area (Å²) in [6.45, 7) is 0. The van der Waals surface area contributed by atoms with E-state index in [0.717, 1.165) is 31.2 Å². The van der Waals surface area contributed by atoms with Crippen LogP contribution in [-0.2, 0) is 10.2 Å². The molecule has 4 aliphatic rings. The maximum atomic E-state index is 11.6. The van der Waals surface area contributed by atoms with Crippen LogP contribution in [0.15, 0.2) is 24.3 Å². The zero-order valence-corrected chi connectivity index (χ0v) is 13.2. The number of hydrogen-bond donors (Lipinski definition) is 2. The Balaban J connectivity index is 1.81. The van der Waals surface area contributed by atoms with E-state index in [9.17, 15) is 15.0 Å². The van der Waals surface area contributed by atoms with Gasteiger partial charge in [-0.25, -0.2) is 0 Å². The van der Waals surface area contributed by atoms with Crippen LogP contribution in [0.25, 0.3) is 0 Å². The molecule has 4 heteroatoms. The zero-order valence-electron chi connectivity index (χ0n) is 12.4. The van der Waals surface area contributed by atoms with Gasteiger partial charge in [0.25, 0.3) is 0 Å². The lowest BCUT2D eigenvalue weighted by atomic mass is 9.42. The zero-order chi connectivity index (χ0) is 15.5. The summed E-state index contributed by atoms with van der Waals surface area (Å²) in [7, 11) is 0. The Bertz CT molecular complexity index is 582. The number of hydrogen-bond acceptors (Lipinski definition) is 2. The molecule has 0 amide bonds. The standard InChI is InChI=1S/C18H21ClO3/c19-15-3-1-2-12(8-15)18(9-16(20)21)13-4-10-5-14(18)7-11(6-13)17(10)22/h1-3,8,10-11,13-14,17,22H,4-7,9H2,(H,20,21). The van der Waals surface area contributed by atoms with E-state index in [1.807, 2.05) is 24.3 Å². The molecule has 0 unspecified atom stereocenters. The summed E-state index contributed by atoms with van der Waals surface area (Å²) < 4.78 is 0. The number of carboxylic acids is 1. The predicted molar refractivity (Wildman–Crippen MR) is 83.8 cm³/mol. The van der Waals surface area contributed by atoms with Gasteiger partial charge in [0.2, 0.25) is 0 Å². The highest BCUT2D eigenvalue weighted by atomic mass is 35.5. The van der Waals surface area contributed by atoms with Crippen molar-refractivity contribution in [1.82, 2.24) is 0 Å². The van der Waals surface area contributed by atoms with Crippen LogP contribution in [0, 0.1) is 23.7 Å². The molecule has 3 nitrogen and oxygen atoms in total. The molecule has 22 heavy (non-hydrogen) atoms. The highest BCUT2D eigenvalue weighted by molar-refractivity contribution is 6.30. The minimum atomic E-state index is -0.729. The predicted octanol–water partition coefficient (Wildman–Crippen LogP) is 3.48. The van der Waals surface area contributed by atoms with Crippen LogP contribution in [0.5, 0.6) is 0 Å². The van der Waals surface area contributed by atoms with Gasteiger partial charge >= 0.3 is 5.97 Å².